The Morgan fingerprint density at radius 1 is 1.00 bits per heavy atom. The smallest absolute Gasteiger partial charge is 0.264 e. The second-order valence-corrected chi connectivity index (χ2v) is 8.68. The highest BCUT2D eigenvalue weighted by atomic mass is 32.2. The van der Waals surface area contributed by atoms with Gasteiger partial charge in [0, 0.05) is 42.9 Å². The van der Waals surface area contributed by atoms with Gasteiger partial charge in [-0.15, -0.1) is 0 Å². The minimum atomic E-state index is -3.84. The number of aromatic nitrogens is 2. The third kappa shape index (κ3) is 4.93. The highest BCUT2D eigenvalue weighted by Crippen LogP contribution is 2.21. The summed E-state index contributed by atoms with van der Waals surface area (Å²) >= 11 is 0. The van der Waals surface area contributed by atoms with Crippen LogP contribution in [0.15, 0.2) is 59.6 Å². The van der Waals surface area contributed by atoms with Crippen molar-refractivity contribution in [3.8, 4) is 0 Å². The molecule has 0 fully saturated rings. The van der Waals surface area contributed by atoms with E-state index in [1.807, 2.05) is 38.1 Å². The molecule has 0 unspecified atom stereocenters. The van der Waals surface area contributed by atoms with Crippen molar-refractivity contribution < 1.29 is 13.2 Å². The first-order valence-corrected chi connectivity index (χ1v) is 10.7. The van der Waals surface area contributed by atoms with Gasteiger partial charge in [0.05, 0.1) is 4.90 Å². The summed E-state index contributed by atoms with van der Waals surface area (Å²) in [5, 5.41) is 2.78. The molecule has 1 amide bonds. The van der Waals surface area contributed by atoms with Crippen LogP contribution in [0.2, 0.25) is 0 Å². The molecule has 1 heterocycles. The fourth-order valence-corrected chi connectivity index (χ4v) is 3.85. The van der Waals surface area contributed by atoms with E-state index >= 15 is 0 Å². The fourth-order valence-electron chi connectivity index (χ4n) is 2.90. The van der Waals surface area contributed by atoms with Gasteiger partial charge in [-0.05, 0) is 67.9 Å². The summed E-state index contributed by atoms with van der Waals surface area (Å²) < 4.78 is 27.4. The van der Waals surface area contributed by atoms with Crippen molar-refractivity contribution in [2.45, 2.75) is 18.7 Å². The molecule has 0 atom stereocenters. The van der Waals surface area contributed by atoms with Crippen LogP contribution in [0.4, 0.5) is 17.3 Å². The number of anilines is 3. The van der Waals surface area contributed by atoms with Crippen LogP contribution in [0.3, 0.4) is 0 Å². The first-order chi connectivity index (χ1) is 14.2. The van der Waals surface area contributed by atoms with Crippen LogP contribution in [0.1, 0.15) is 21.6 Å². The minimum absolute atomic E-state index is 0.00363. The lowest BCUT2D eigenvalue weighted by atomic mass is 10.1. The van der Waals surface area contributed by atoms with Crippen LogP contribution in [0.5, 0.6) is 0 Å². The molecule has 9 heteroatoms. The van der Waals surface area contributed by atoms with E-state index in [0.29, 0.717) is 16.9 Å². The molecule has 0 aliphatic carbocycles. The number of carbonyl (C=O) groups excluding carboxylic acids is 1. The van der Waals surface area contributed by atoms with Crippen molar-refractivity contribution in [3.63, 3.8) is 0 Å². The average Bonchev–Trinajstić information content (AvgIpc) is 2.67. The third-order valence-corrected chi connectivity index (χ3v) is 5.73. The molecule has 2 aromatic carbocycles. The first-order valence-electron chi connectivity index (χ1n) is 9.17. The second-order valence-electron chi connectivity index (χ2n) is 7.00. The number of hydrogen-bond donors (Lipinski definition) is 2. The Balaban J connectivity index is 1.72. The number of nitrogens with one attached hydrogen (secondary N) is 2. The van der Waals surface area contributed by atoms with Gasteiger partial charge in [-0.2, -0.15) is 0 Å². The van der Waals surface area contributed by atoms with Crippen LogP contribution in [-0.2, 0) is 10.0 Å². The van der Waals surface area contributed by atoms with Crippen molar-refractivity contribution >= 4 is 33.3 Å². The highest BCUT2D eigenvalue weighted by Gasteiger charge is 2.16. The number of benzene rings is 2. The van der Waals surface area contributed by atoms with Gasteiger partial charge in [-0.1, -0.05) is 0 Å². The summed E-state index contributed by atoms with van der Waals surface area (Å²) in [6, 6.07) is 13.0. The zero-order valence-corrected chi connectivity index (χ0v) is 18.0. The number of sulfonamides is 1. The van der Waals surface area contributed by atoms with E-state index in [-0.39, 0.29) is 16.8 Å². The van der Waals surface area contributed by atoms with Gasteiger partial charge in [0.15, 0.2) is 0 Å². The summed E-state index contributed by atoms with van der Waals surface area (Å²) in [6.07, 6.45) is 1.48. The molecule has 0 saturated heterocycles. The van der Waals surface area contributed by atoms with Crippen molar-refractivity contribution in [2.75, 3.05) is 29.0 Å². The van der Waals surface area contributed by atoms with Gasteiger partial charge >= 0.3 is 0 Å². The van der Waals surface area contributed by atoms with Crippen molar-refractivity contribution in [3.05, 3.63) is 71.5 Å². The van der Waals surface area contributed by atoms with Crippen LogP contribution >= 0.6 is 0 Å². The number of rotatable bonds is 6. The third-order valence-electron chi connectivity index (χ3n) is 4.38. The molecular formula is C21H23N5O3S. The molecule has 3 aromatic rings. The van der Waals surface area contributed by atoms with Crippen LogP contribution < -0.4 is 14.9 Å². The lowest BCUT2D eigenvalue weighted by molar-refractivity contribution is 0.102. The van der Waals surface area contributed by atoms with E-state index in [0.717, 1.165) is 11.3 Å². The van der Waals surface area contributed by atoms with E-state index in [1.54, 1.807) is 19.1 Å². The molecule has 0 aliphatic heterocycles. The molecular weight excluding hydrogens is 402 g/mol. The van der Waals surface area contributed by atoms with E-state index in [9.17, 15) is 13.2 Å². The maximum atomic E-state index is 12.5. The first kappa shape index (κ1) is 21.3. The predicted molar refractivity (Wildman–Crippen MR) is 117 cm³/mol. The molecule has 0 aliphatic rings. The summed E-state index contributed by atoms with van der Waals surface area (Å²) in [6.45, 7) is 3.68. The zero-order valence-electron chi connectivity index (χ0n) is 17.2. The maximum Gasteiger partial charge on any atom is 0.264 e. The standard InChI is InChI=1S/C21H23N5O3S/c1-14-13-16(5-10-19(14)26(3)4)20(27)24-17-6-8-18(9-7-17)30(28,29)25-21-22-12-11-15(2)23-21/h5-13H,1-4H3,(H,24,27)(H,22,23,25). The molecule has 0 bridgehead atoms. The van der Waals surface area contributed by atoms with E-state index in [1.165, 1.54) is 30.5 Å². The Morgan fingerprint density at radius 3 is 2.30 bits per heavy atom. The van der Waals surface area contributed by atoms with Crippen LogP contribution in [0, 0.1) is 13.8 Å². The number of amides is 1. The van der Waals surface area contributed by atoms with E-state index in [4.69, 9.17) is 0 Å². The van der Waals surface area contributed by atoms with Crippen LogP contribution in [-0.4, -0.2) is 38.4 Å². The summed E-state index contributed by atoms with van der Waals surface area (Å²) in [5.41, 5.74) is 3.67. The molecule has 30 heavy (non-hydrogen) atoms. The average molecular weight is 426 g/mol. The number of carbonyl (C=O) groups is 1. The van der Waals surface area contributed by atoms with Gasteiger partial charge in [-0.3, -0.25) is 4.79 Å². The SMILES string of the molecule is Cc1ccnc(NS(=O)(=O)c2ccc(NC(=O)c3ccc(N(C)C)c(C)c3)cc2)n1. The Morgan fingerprint density at radius 2 is 1.70 bits per heavy atom. The normalized spacial score (nSPS) is 11.1. The molecule has 156 valence electrons. The zero-order chi connectivity index (χ0) is 21.9. The van der Waals surface area contributed by atoms with Crippen molar-refractivity contribution in [2.24, 2.45) is 0 Å². The van der Waals surface area contributed by atoms with Gasteiger partial charge in [-0.25, -0.2) is 23.1 Å². The molecule has 0 radical (unpaired) electrons. The fraction of sp³-hybridized carbons (Fsp3) is 0.190. The summed E-state index contributed by atoms with van der Waals surface area (Å²) in [4.78, 5) is 22.5. The van der Waals surface area contributed by atoms with E-state index < -0.39 is 10.0 Å². The Hall–Kier alpha value is -3.46. The van der Waals surface area contributed by atoms with Gasteiger partial charge < -0.3 is 10.2 Å². The van der Waals surface area contributed by atoms with Gasteiger partial charge in [0.1, 0.15) is 0 Å². The predicted octanol–water partition coefficient (Wildman–Crippen LogP) is 3.21. The van der Waals surface area contributed by atoms with Crippen LogP contribution in [0.25, 0.3) is 0 Å². The second kappa shape index (κ2) is 8.50. The lowest BCUT2D eigenvalue weighted by Gasteiger charge is -2.16. The van der Waals surface area contributed by atoms with Crippen molar-refractivity contribution in [1.82, 2.24) is 9.97 Å². The molecule has 8 nitrogen and oxygen atoms in total. The largest absolute Gasteiger partial charge is 0.377 e. The monoisotopic (exact) mass is 425 g/mol. The molecule has 2 N–H and O–H groups in total. The molecule has 3 rings (SSSR count). The molecule has 0 spiro atoms. The minimum Gasteiger partial charge on any atom is -0.377 e. The molecule has 1 aromatic heterocycles. The van der Waals surface area contributed by atoms with E-state index in [2.05, 4.69) is 20.0 Å². The van der Waals surface area contributed by atoms with Crippen molar-refractivity contribution in [1.29, 1.82) is 0 Å². The summed E-state index contributed by atoms with van der Waals surface area (Å²) in [7, 11) is 0.0458. The Kier molecular flexibility index (Phi) is 6.02. The number of aryl methyl sites for hydroxylation is 2. The van der Waals surface area contributed by atoms with Gasteiger partial charge in [0.2, 0.25) is 5.95 Å². The highest BCUT2D eigenvalue weighted by molar-refractivity contribution is 7.92. The molecule has 0 saturated carbocycles. The summed E-state index contributed by atoms with van der Waals surface area (Å²) in [5.74, 6) is -0.269. The van der Waals surface area contributed by atoms with Gasteiger partial charge in [0.25, 0.3) is 15.9 Å². The number of hydrogen-bond acceptors (Lipinski definition) is 6. The Labute approximate surface area is 176 Å². The topological polar surface area (TPSA) is 104 Å². The lowest BCUT2D eigenvalue weighted by Crippen LogP contribution is -2.16. The maximum absolute atomic E-state index is 12.5. The number of nitrogens with zero attached hydrogens (tertiary/aromatic N) is 3. The Bertz CT molecular complexity index is 1180. The quantitative estimate of drug-likeness (QED) is 0.628.